The predicted octanol–water partition coefficient (Wildman–Crippen LogP) is 2.16. The number of nitrogens with zero attached hydrogens (tertiary/aromatic N) is 1. The third-order valence-corrected chi connectivity index (χ3v) is 5.36. The monoisotopic (exact) mass is 414 g/mol. The first-order chi connectivity index (χ1) is 13.1. The second kappa shape index (κ2) is 11.7. The maximum Gasteiger partial charge on any atom is 0.252 e. The molecular formula is C20H32ClFN4O2. The number of ether oxygens (including phenoxy) is 1. The van der Waals surface area contributed by atoms with Crippen LogP contribution in [0.3, 0.4) is 0 Å². The third-order valence-electron chi connectivity index (χ3n) is 5.36. The number of unbranched alkanes of at least 4 members (excludes halogenated alkanes) is 2. The van der Waals surface area contributed by atoms with Crippen molar-refractivity contribution in [2.75, 3.05) is 33.3 Å². The topological polar surface area (TPSA) is 65.6 Å². The van der Waals surface area contributed by atoms with Gasteiger partial charge in [-0.05, 0) is 37.0 Å². The highest BCUT2D eigenvalue weighted by Crippen LogP contribution is 2.25. The van der Waals surface area contributed by atoms with E-state index in [1.165, 1.54) is 6.07 Å². The second-order valence-corrected chi connectivity index (χ2v) is 7.50. The number of carbonyl (C=O) groups excluding carboxylic acids is 1. The molecule has 0 radical (unpaired) electrons. The number of morpholine rings is 1. The van der Waals surface area contributed by atoms with Gasteiger partial charge in [0.1, 0.15) is 11.9 Å². The van der Waals surface area contributed by atoms with Gasteiger partial charge in [0, 0.05) is 38.8 Å². The summed E-state index contributed by atoms with van der Waals surface area (Å²) >= 11 is 0. The smallest absolute Gasteiger partial charge is 0.252 e. The Balaban J connectivity index is 0.00000280. The van der Waals surface area contributed by atoms with Gasteiger partial charge in [-0.1, -0.05) is 25.0 Å². The van der Waals surface area contributed by atoms with E-state index in [1.807, 2.05) is 13.1 Å². The third kappa shape index (κ3) is 6.67. The molecule has 2 aliphatic rings. The lowest BCUT2D eigenvalue weighted by Crippen LogP contribution is -2.48. The molecule has 0 aliphatic carbocycles. The zero-order chi connectivity index (χ0) is 19.1. The van der Waals surface area contributed by atoms with Gasteiger partial charge in [-0.3, -0.25) is 15.6 Å². The van der Waals surface area contributed by atoms with Crippen LogP contribution in [0.1, 0.15) is 43.7 Å². The minimum Gasteiger partial charge on any atom is -0.366 e. The molecule has 2 fully saturated rings. The quantitative estimate of drug-likeness (QED) is 0.569. The number of halogens is 2. The van der Waals surface area contributed by atoms with Crippen molar-refractivity contribution in [1.82, 2.24) is 21.1 Å². The molecule has 3 N–H and O–H groups in total. The lowest BCUT2D eigenvalue weighted by molar-refractivity contribution is -0.143. The van der Waals surface area contributed by atoms with Crippen molar-refractivity contribution in [1.29, 1.82) is 0 Å². The summed E-state index contributed by atoms with van der Waals surface area (Å²) in [6.07, 6.45) is 4.90. The number of carbonyl (C=O) groups is 1. The van der Waals surface area contributed by atoms with Crippen LogP contribution in [-0.2, 0) is 9.53 Å². The van der Waals surface area contributed by atoms with E-state index < -0.39 is 0 Å². The summed E-state index contributed by atoms with van der Waals surface area (Å²) in [5.74, 6) is -0.118. The van der Waals surface area contributed by atoms with Crippen LogP contribution in [0.5, 0.6) is 0 Å². The van der Waals surface area contributed by atoms with Crippen LogP contribution >= 0.6 is 12.4 Å². The van der Waals surface area contributed by atoms with E-state index in [9.17, 15) is 9.18 Å². The van der Waals surface area contributed by atoms with Crippen LogP contribution in [0.4, 0.5) is 4.39 Å². The average molecular weight is 415 g/mol. The van der Waals surface area contributed by atoms with Crippen molar-refractivity contribution < 1.29 is 13.9 Å². The molecule has 1 aromatic rings. The van der Waals surface area contributed by atoms with Crippen LogP contribution < -0.4 is 16.2 Å². The van der Waals surface area contributed by atoms with Gasteiger partial charge in [0.2, 0.25) is 0 Å². The van der Waals surface area contributed by atoms with Gasteiger partial charge in [-0.25, -0.2) is 4.39 Å². The first kappa shape index (κ1) is 23.0. The van der Waals surface area contributed by atoms with Gasteiger partial charge in [-0.2, -0.15) is 0 Å². The Morgan fingerprint density at radius 1 is 1.29 bits per heavy atom. The molecule has 2 aliphatic heterocycles. The number of hydrazine groups is 1. The van der Waals surface area contributed by atoms with E-state index in [-0.39, 0.29) is 36.3 Å². The molecule has 28 heavy (non-hydrogen) atoms. The largest absolute Gasteiger partial charge is 0.366 e. The molecule has 1 amide bonds. The molecule has 6 nitrogen and oxygen atoms in total. The molecule has 0 aromatic heterocycles. The molecule has 1 aromatic carbocycles. The normalized spacial score (nSPS) is 24.6. The fraction of sp³-hybridized carbons (Fsp3) is 0.650. The van der Waals surface area contributed by atoms with Crippen molar-refractivity contribution >= 4 is 18.3 Å². The number of rotatable bonds is 8. The van der Waals surface area contributed by atoms with Crippen molar-refractivity contribution in [3.63, 3.8) is 0 Å². The Morgan fingerprint density at radius 3 is 2.89 bits per heavy atom. The van der Waals surface area contributed by atoms with Crippen molar-refractivity contribution in [2.45, 2.75) is 50.3 Å². The summed E-state index contributed by atoms with van der Waals surface area (Å²) in [7, 11) is 1.85. The van der Waals surface area contributed by atoms with Gasteiger partial charge in [0.25, 0.3) is 5.91 Å². The number of likely N-dealkylation sites (N-methyl/N-ethyl adjacent to an activating group) is 1. The zero-order valence-corrected chi connectivity index (χ0v) is 17.3. The lowest BCUT2D eigenvalue weighted by atomic mass is 9.99. The van der Waals surface area contributed by atoms with Gasteiger partial charge in [0.05, 0.1) is 6.61 Å². The van der Waals surface area contributed by atoms with Crippen LogP contribution in [0.25, 0.3) is 0 Å². The number of amides is 1. The molecule has 0 spiro atoms. The molecule has 158 valence electrons. The Bertz CT molecular complexity index is 616. The van der Waals surface area contributed by atoms with E-state index in [0.717, 1.165) is 50.8 Å². The van der Waals surface area contributed by atoms with Crippen molar-refractivity contribution in [3.8, 4) is 0 Å². The zero-order valence-electron chi connectivity index (χ0n) is 16.5. The molecule has 2 heterocycles. The SMILES string of the molecule is CN(CCCCCC1CC(c2cccc(F)c2)NN1)C(=O)C1CNCCO1.Cl. The minimum absolute atomic E-state index is 0. The summed E-state index contributed by atoms with van der Waals surface area (Å²) in [4.78, 5) is 14.1. The van der Waals surface area contributed by atoms with Crippen LogP contribution in [-0.4, -0.2) is 56.2 Å². The average Bonchev–Trinajstić information content (AvgIpc) is 3.16. The lowest BCUT2D eigenvalue weighted by Gasteiger charge is -2.27. The Hall–Kier alpha value is -1.25. The first-order valence-corrected chi connectivity index (χ1v) is 9.97. The molecule has 0 saturated carbocycles. The number of hydrogen-bond donors (Lipinski definition) is 3. The first-order valence-electron chi connectivity index (χ1n) is 9.97. The standard InChI is InChI=1S/C20H31FN4O2.ClH/c1-25(20(26)19-14-22-9-11-27-19)10-4-2-3-8-17-13-18(24-23-17)15-6-5-7-16(21)12-15;/h5-7,12,17-19,22-24H,2-4,8-11,13-14H2,1H3;1H. The number of hydrogen-bond acceptors (Lipinski definition) is 5. The Kier molecular flexibility index (Phi) is 9.61. The van der Waals surface area contributed by atoms with Gasteiger partial charge in [0.15, 0.2) is 0 Å². The minimum atomic E-state index is -0.336. The summed E-state index contributed by atoms with van der Waals surface area (Å²) in [5, 5.41) is 3.19. The van der Waals surface area contributed by atoms with Crippen molar-refractivity contribution in [3.05, 3.63) is 35.6 Å². The highest BCUT2D eigenvalue weighted by molar-refractivity contribution is 5.85. The maximum atomic E-state index is 13.4. The Labute approximate surface area is 173 Å². The van der Waals surface area contributed by atoms with Gasteiger partial charge < -0.3 is 15.0 Å². The van der Waals surface area contributed by atoms with Gasteiger partial charge in [-0.15, -0.1) is 12.4 Å². The molecule has 3 rings (SSSR count). The molecule has 3 atom stereocenters. The Morgan fingerprint density at radius 2 is 2.14 bits per heavy atom. The highest BCUT2D eigenvalue weighted by atomic mass is 35.5. The number of benzene rings is 1. The fourth-order valence-corrected chi connectivity index (χ4v) is 3.75. The molecule has 2 saturated heterocycles. The molecule has 0 bridgehead atoms. The van der Waals surface area contributed by atoms with E-state index in [2.05, 4.69) is 16.2 Å². The van der Waals surface area contributed by atoms with E-state index >= 15 is 0 Å². The van der Waals surface area contributed by atoms with Crippen molar-refractivity contribution in [2.24, 2.45) is 0 Å². The maximum absolute atomic E-state index is 13.4. The molecular weight excluding hydrogens is 383 g/mol. The number of nitrogens with one attached hydrogen (secondary N) is 3. The van der Waals surface area contributed by atoms with E-state index in [0.29, 0.717) is 19.2 Å². The van der Waals surface area contributed by atoms with Crippen LogP contribution in [0.15, 0.2) is 24.3 Å². The highest BCUT2D eigenvalue weighted by Gasteiger charge is 2.26. The predicted molar refractivity (Wildman–Crippen MR) is 110 cm³/mol. The van der Waals surface area contributed by atoms with Crippen LogP contribution in [0, 0.1) is 5.82 Å². The molecule has 8 heteroatoms. The summed E-state index contributed by atoms with van der Waals surface area (Å²) in [5.41, 5.74) is 7.59. The van der Waals surface area contributed by atoms with E-state index in [1.54, 1.807) is 17.0 Å². The van der Waals surface area contributed by atoms with E-state index in [4.69, 9.17) is 4.74 Å². The summed E-state index contributed by atoms with van der Waals surface area (Å²) in [6.45, 7) is 2.79. The van der Waals surface area contributed by atoms with Gasteiger partial charge >= 0.3 is 0 Å². The second-order valence-electron chi connectivity index (χ2n) is 7.50. The van der Waals surface area contributed by atoms with Crippen LogP contribution in [0.2, 0.25) is 0 Å². The fourth-order valence-electron chi connectivity index (χ4n) is 3.75. The summed E-state index contributed by atoms with van der Waals surface area (Å²) in [6, 6.07) is 7.36. The molecule has 3 unspecified atom stereocenters. The summed E-state index contributed by atoms with van der Waals surface area (Å²) < 4.78 is 18.9.